The molecule has 15 heavy (non-hydrogen) atoms. The van der Waals surface area contributed by atoms with Crippen LogP contribution in [0.1, 0.15) is 11.7 Å². The number of benzene rings is 1. The van der Waals surface area contributed by atoms with E-state index < -0.39 is 0 Å². The molecule has 1 atom stereocenters. The lowest BCUT2D eigenvalue weighted by molar-refractivity contribution is 0.414. The molecule has 0 radical (unpaired) electrons. The van der Waals surface area contributed by atoms with Gasteiger partial charge < -0.3 is 4.74 Å². The molecule has 0 saturated carbocycles. The second-order valence-electron chi connectivity index (χ2n) is 3.08. The molecule has 1 unspecified atom stereocenters. The number of aliphatic imine (C=N–C) groups is 1. The van der Waals surface area contributed by atoms with Crippen LogP contribution >= 0.6 is 11.8 Å². The molecule has 1 aromatic carbocycles. The molecule has 0 aromatic heterocycles. The fourth-order valence-corrected chi connectivity index (χ4v) is 1.73. The Balaban J connectivity index is 2.13. The first-order chi connectivity index (χ1) is 7.33. The summed E-state index contributed by atoms with van der Waals surface area (Å²) in [4.78, 5) is 4.45. The molecule has 0 amide bonds. The first kappa shape index (κ1) is 10.3. The second kappa shape index (κ2) is 4.55. The zero-order chi connectivity index (χ0) is 10.7. The van der Waals surface area contributed by atoms with Gasteiger partial charge in [-0.3, -0.25) is 5.43 Å². The molecule has 4 nitrogen and oxygen atoms in total. The van der Waals surface area contributed by atoms with Crippen LogP contribution in [0.5, 0.6) is 5.75 Å². The third-order valence-electron chi connectivity index (χ3n) is 2.19. The third kappa shape index (κ3) is 2.24. The molecule has 0 saturated heterocycles. The van der Waals surface area contributed by atoms with Gasteiger partial charge in [0.25, 0.3) is 0 Å². The van der Waals surface area contributed by atoms with Gasteiger partial charge in [-0.25, -0.2) is 10.4 Å². The summed E-state index contributed by atoms with van der Waals surface area (Å²) in [6, 6.07) is 7.88. The minimum atomic E-state index is -0.00152. The highest BCUT2D eigenvalue weighted by molar-refractivity contribution is 8.13. The number of hydrogen-bond donors (Lipinski definition) is 2. The molecule has 0 bridgehead atoms. The summed E-state index contributed by atoms with van der Waals surface area (Å²) < 4.78 is 5.10. The number of nitrogens with zero attached hydrogens (tertiary/aromatic N) is 1. The monoisotopic (exact) mass is 223 g/mol. The maximum atomic E-state index is 5.10. The van der Waals surface area contributed by atoms with Crippen molar-refractivity contribution in [2.75, 3.05) is 13.4 Å². The molecule has 1 aliphatic heterocycles. The summed E-state index contributed by atoms with van der Waals surface area (Å²) in [6.45, 7) is 0. The van der Waals surface area contributed by atoms with Crippen molar-refractivity contribution in [1.29, 1.82) is 0 Å². The molecular formula is C10H13N3OS. The molecule has 2 N–H and O–H groups in total. The van der Waals surface area contributed by atoms with Gasteiger partial charge >= 0.3 is 0 Å². The zero-order valence-corrected chi connectivity index (χ0v) is 9.47. The topological polar surface area (TPSA) is 45.6 Å². The number of rotatable bonds is 2. The van der Waals surface area contributed by atoms with Crippen LogP contribution in [-0.4, -0.2) is 18.5 Å². The van der Waals surface area contributed by atoms with Gasteiger partial charge in [-0.2, -0.15) is 0 Å². The summed E-state index contributed by atoms with van der Waals surface area (Å²) in [5.41, 5.74) is 7.23. The van der Waals surface area contributed by atoms with Gasteiger partial charge in [-0.1, -0.05) is 23.9 Å². The highest BCUT2D eigenvalue weighted by Gasteiger charge is 2.16. The standard InChI is InChI=1S/C10H13N3OS/c1-14-8-5-3-7(4-6-8)9-11-10(15-2)13-12-9/h3-6,9,12H,1-2H3,(H,11,13). The van der Waals surface area contributed by atoms with E-state index in [0.717, 1.165) is 16.5 Å². The predicted octanol–water partition coefficient (Wildman–Crippen LogP) is 1.52. The van der Waals surface area contributed by atoms with Gasteiger partial charge in [0.05, 0.1) is 7.11 Å². The Kier molecular flexibility index (Phi) is 3.13. The van der Waals surface area contributed by atoms with Crippen molar-refractivity contribution < 1.29 is 4.74 Å². The molecule has 1 aliphatic rings. The summed E-state index contributed by atoms with van der Waals surface area (Å²) >= 11 is 1.59. The van der Waals surface area contributed by atoms with Crippen molar-refractivity contribution in [3.05, 3.63) is 29.8 Å². The van der Waals surface area contributed by atoms with Crippen molar-refractivity contribution in [2.45, 2.75) is 6.17 Å². The Morgan fingerprint density at radius 2 is 2.07 bits per heavy atom. The largest absolute Gasteiger partial charge is 0.497 e. The number of methoxy groups -OCH3 is 1. The SMILES string of the molecule is COc1ccc(C2N=C(SC)NN2)cc1. The predicted molar refractivity (Wildman–Crippen MR) is 63.0 cm³/mol. The lowest BCUT2D eigenvalue weighted by atomic mass is 10.2. The van der Waals surface area contributed by atoms with Gasteiger partial charge in [0, 0.05) is 0 Å². The average Bonchev–Trinajstić information content (AvgIpc) is 2.78. The van der Waals surface area contributed by atoms with E-state index in [0.29, 0.717) is 0 Å². The second-order valence-corrected chi connectivity index (χ2v) is 3.88. The molecule has 0 fully saturated rings. The molecule has 2 rings (SSSR count). The van der Waals surface area contributed by atoms with Gasteiger partial charge in [-0.15, -0.1) is 0 Å². The average molecular weight is 223 g/mol. The molecule has 80 valence electrons. The number of amidine groups is 1. The number of hydrogen-bond acceptors (Lipinski definition) is 5. The Morgan fingerprint density at radius 3 is 2.60 bits per heavy atom. The molecule has 0 spiro atoms. The summed E-state index contributed by atoms with van der Waals surface area (Å²) in [5.74, 6) is 0.860. The molecule has 1 heterocycles. The van der Waals surface area contributed by atoms with Crippen LogP contribution in [0, 0.1) is 0 Å². The molecular weight excluding hydrogens is 210 g/mol. The van der Waals surface area contributed by atoms with Crippen molar-refractivity contribution in [1.82, 2.24) is 10.9 Å². The van der Waals surface area contributed by atoms with Crippen molar-refractivity contribution in [3.63, 3.8) is 0 Å². The Hall–Kier alpha value is -1.20. The normalized spacial score (nSPS) is 19.6. The first-order valence-electron chi connectivity index (χ1n) is 4.61. The van der Waals surface area contributed by atoms with E-state index >= 15 is 0 Å². The van der Waals surface area contributed by atoms with Crippen LogP contribution in [0.2, 0.25) is 0 Å². The van der Waals surface area contributed by atoms with Gasteiger partial charge in [0.1, 0.15) is 11.9 Å². The van der Waals surface area contributed by atoms with Crippen LogP contribution < -0.4 is 15.6 Å². The van der Waals surface area contributed by atoms with Crippen molar-refractivity contribution >= 4 is 16.9 Å². The number of hydrazine groups is 1. The van der Waals surface area contributed by atoms with E-state index in [-0.39, 0.29) is 6.17 Å². The Labute approximate surface area is 93.1 Å². The summed E-state index contributed by atoms with van der Waals surface area (Å²) in [5, 5.41) is 0.913. The Bertz CT molecular complexity index is 363. The summed E-state index contributed by atoms with van der Waals surface area (Å²) in [7, 11) is 1.66. The van der Waals surface area contributed by atoms with E-state index in [2.05, 4.69) is 15.8 Å². The first-order valence-corrected chi connectivity index (χ1v) is 5.83. The maximum Gasteiger partial charge on any atom is 0.172 e. The van der Waals surface area contributed by atoms with Crippen LogP contribution in [0.25, 0.3) is 0 Å². The minimum absolute atomic E-state index is 0.00152. The van der Waals surface area contributed by atoms with Gasteiger partial charge in [0.15, 0.2) is 5.17 Å². The van der Waals surface area contributed by atoms with Crippen molar-refractivity contribution in [2.24, 2.45) is 4.99 Å². The fraction of sp³-hybridized carbons (Fsp3) is 0.300. The fourth-order valence-electron chi connectivity index (χ4n) is 1.36. The lowest BCUT2D eigenvalue weighted by Crippen LogP contribution is -2.29. The molecule has 0 aliphatic carbocycles. The van der Waals surface area contributed by atoms with Gasteiger partial charge in [0.2, 0.25) is 0 Å². The van der Waals surface area contributed by atoms with E-state index in [1.54, 1.807) is 18.9 Å². The number of thioether (sulfide) groups is 1. The van der Waals surface area contributed by atoms with Gasteiger partial charge in [-0.05, 0) is 24.0 Å². The molecule has 5 heteroatoms. The van der Waals surface area contributed by atoms with E-state index in [1.165, 1.54) is 0 Å². The van der Waals surface area contributed by atoms with Crippen LogP contribution in [0.15, 0.2) is 29.3 Å². The summed E-state index contributed by atoms with van der Waals surface area (Å²) in [6.07, 6.45) is 1.99. The zero-order valence-electron chi connectivity index (χ0n) is 8.65. The van der Waals surface area contributed by atoms with E-state index in [4.69, 9.17) is 4.74 Å². The Morgan fingerprint density at radius 1 is 1.33 bits per heavy atom. The van der Waals surface area contributed by atoms with Crippen molar-refractivity contribution in [3.8, 4) is 5.75 Å². The lowest BCUT2D eigenvalue weighted by Gasteiger charge is -2.08. The van der Waals surface area contributed by atoms with E-state index in [9.17, 15) is 0 Å². The van der Waals surface area contributed by atoms with Crippen LogP contribution in [0.3, 0.4) is 0 Å². The third-order valence-corrected chi connectivity index (χ3v) is 2.78. The van der Waals surface area contributed by atoms with E-state index in [1.807, 2.05) is 30.5 Å². The van der Waals surface area contributed by atoms with Crippen LogP contribution in [-0.2, 0) is 0 Å². The number of ether oxygens (including phenoxy) is 1. The minimum Gasteiger partial charge on any atom is -0.497 e. The smallest absolute Gasteiger partial charge is 0.172 e. The molecule has 1 aromatic rings. The highest BCUT2D eigenvalue weighted by atomic mass is 32.2. The maximum absolute atomic E-state index is 5.10. The highest BCUT2D eigenvalue weighted by Crippen LogP contribution is 2.21. The van der Waals surface area contributed by atoms with Crippen LogP contribution in [0.4, 0.5) is 0 Å². The quantitative estimate of drug-likeness (QED) is 0.798. The number of nitrogens with one attached hydrogen (secondary N) is 2.